The molecule has 1 fully saturated rings. The maximum absolute atomic E-state index is 11.6. The molecule has 1 aromatic rings. The van der Waals surface area contributed by atoms with Gasteiger partial charge in [-0.1, -0.05) is 23.1 Å². The number of aromatic nitrogens is 2. The number of hydrogen-bond acceptors (Lipinski definition) is 8. The molecule has 10 heteroatoms. The van der Waals surface area contributed by atoms with Crippen LogP contribution in [0.25, 0.3) is 0 Å². The lowest BCUT2D eigenvalue weighted by Gasteiger charge is -2.43. The van der Waals surface area contributed by atoms with E-state index in [0.29, 0.717) is 27.4 Å². The van der Waals surface area contributed by atoms with Crippen LogP contribution in [-0.2, 0) is 9.59 Å². The van der Waals surface area contributed by atoms with E-state index in [2.05, 4.69) is 10.2 Å². The zero-order valence-electron chi connectivity index (χ0n) is 10.1. The Morgan fingerprint density at radius 3 is 2.95 bits per heavy atom. The fourth-order valence-corrected chi connectivity index (χ4v) is 5.06. The van der Waals surface area contributed by atoms with E-state index < -0.39 is 5.97 Å². The molecule has 7 nitrogen and oxygen atoms in total. The molecule has 0 saturated carbocycles. The van der Waals surface area contributed by atoms with Gasteiger partial charge in [-0.3, -0.25) is 9.69 Å². The van der Waals surface area contributed by atoms with Crippen molar-refractivity contribution in [2.45, 2.75) is 16.1 Å². The highest BCUT2D eigenvalue weighted by Gasteiger charge is 2.45. The number of carbonyl (C=O) groups is 2. The average Bonchev–Trinajstić information content (AvgIpc) is 2.80. The summed E-state index contributed by atoms with van der Waals surface area (Å²) in [6.07, 6.45) is 0.425. The number of nitrogens with zero attached hydrogens (tertiary/aromatic N) is 3. The Kier molecular flexibility index (Phi) is 3.61. The SMILES string of the molecule is Nc1nnc(SCC2=C(C(=O)O)N3C(=O)C[C@H]3SC2)s1. The number of nitrogens with two attached hydrogens (primary N) is 1. The van der Waals surface area contributed by atoms with Crippen molar-refractivity contribution in [3.8, 4) is 0 Å². The third kappa shape index (κ3) is 2.38. The number of amides is 1. The standard InChI is InChI=1S/C10H10N4O3S3/c11-9-12-13-10(20-9)19-3-4-2-18-6-1-5(15)14(6)7(4)8(16)17/h6H,1-3H2,(H2,11,12)(H,16,17)/t6-/m1/s1. The molecular formula is C10H10N4O3S3. The summed E-state index contributed by atoms with van der Waals surface area (Å²) in [6.45, 7) is 0. The summed E-state index contributed by atoms with van der Waals surface area (Å²) in [5.74, 6) is -0.0742. The molecule has 3 rings (SSSR count). The molecule has 106 valence electrons. The fraction of sp³-hybridized carbons (Fsp3) is 0.400. The van der Waals surface area contributed by atoms with Crippen LogP contribution < -0.4 is 5.73 Å². The first-order chi connectivity index (χ1) is 9.56. The second-order valence-corrected chi connectivity index (χ2v) is 7.58. The molecule has 2 aliphatic heterocycles. The molecule has 0 radical (unpaired) electrons. The van der Waals surface area contributed by atoms with Crippen molar-refractivity contribution in [1.82, 2.24) is 15.1 Å². The maximum atomic E-state index is 11.6. The molecule has 0 aliphatic carbocycles. The van der Waals surface area contributed by atoms with Gasteiger partial charge in [0.15, 0.2) is 4.34 Å². The molecule has 3 N–H and O–H groups in total. The predicted molar refractivity (Wildman–Crippen MR) is 77.4 cm³/mol. The molecule has 0 bridgehead atoms. The van der Waals surface area contributed by atoms with Gasteiger partial charge in [-0.25, -0.2) is 4.79 Å². The second-order valence-electron chi connectivity index (χ2n) is 4.19. The number of fused-ring (bicyclic) bond motifs is 1. The van der Waals surface area contributed by atoms with Crippen LogP contribution in [0.3, 0.4) is 0 Å². The van der Waals surface area contributed by atoms with Gasteiger partial charge < -0.3 is 10.8 Å². The van der Waals surface area contributed by atoms with Gasteiger partial charge in [0, 0.05) is 11.5 Å². The Morgan fingerprint density at radius 2 is 2.35 bits per heavy atom. The van der Waals surface area contributed by atoms with Crippen LogP contribution in [0.1, 0.15) is 6.42 Å². The zero-order chi connectivity index (χ0) is 14.3. The number of thioether (sulfide) groups is 2. The van der Waals surface area contributed by atoms with Crippen LogP contribution in [0.4, 0.5) is 5.13 Å². The topological polar surface area (TPSA) is 109 Å². The van der Waals surface area contributed by atoms with E-state index in [1.807, 2.05) is 0 Å². The van der Waals surface area contributed by atoms with E-state index in [-0.39, 0.29) is 17.0 Å². The fourth-order valence-electron chi connectivity index (χ4n) is 2.02. The summed E-state index contributed by atoms with van der Waals surface area (Å²) in [7, 11) is 0. The Labute approximate surface area is 126 Å². The van der Waals surface area contributed by atoms with Crippen molar-refractivity contribution >= 4 is 51.9 Å². The quantitative estimate of drug-likeness (QED) is 0.618. The molecule has 0 unspecified atom stereocenters. The van der Waals surface area contributed by atoms with Crippen molar-refractivity contribution in [1.29, 1.82) is 0 Å². The Balaban J connectivity index is 1.79. The number of hydrogen-bond donors (Lipinski definition) is 2. The number of nitrogen functional groups attached to an aromatic ring is 1. The monoisotopic (exact) mass is 330 g/mol. The third-order valence-corrected chi connectivity index (χ3v) is 6.18. The Bertz CT molecular complexity index is 615. The van der Waals surface area contributed by atoms with Crippen molar-refractivity contribution in [3.63, 3.8) is 0 Å². The largest absolute Gasteiger partial charge is 0.477 e. The highest BCUT2D eigenvalue weighted by Crippen LogP contribution is 2.41. The number of rotatable bonds is 4. The first-order valence-corrected chi connectivity index (χ1v) is 8.52. The molecule has 20 heavy (non-hydrogen) atoms. The van der Waals surface area contributed by atoms with Crippen LogP contribution in [0.5, 0.6) is 0 Å². The lowest BCUT2D eigenvalue weighted by Crippen LogP contribution is -2.54. The van der Waals surface area contributed by atoms with Gasteiger partial charge in [-0.05, 0) is 5.57 Å². The van der Waals surface area contributed by atoms with Crippen molar-refractivity contribution in [2.75, 3.05) is 17.2 Å². The van der Waals surface area contributed by atoms with Crippen LogP contribution in [0.2, 0.25) is 0 Å². The summed E-state index contributed by atoms with van der Waals surface area (Å²) in [5.41, 5.74) is 6.37. The average molecular weight is 330 g/mol. The highest BCUT2D eigenvalue weighted by molar-refractivity contribution is 8.01. The van der Waals surface area contributed by atoms with Crippen molar-refractivity contribution in [3.05, 3.63) is 11.3 Å². The number of carbonyl (C=O) groups excluding carboxylic acids is 1. The highest BCUT2D eigenvalue weighted by atomic mass is 32.2. The molecule has 2 aliphatic rings. The van der Waals surface area contributed by atoms with Crippen LogP contribution in [-0.4, -0.2) is 49.0 Å². The first-order valence-electron chi connectivity index (χ1n) is 5.67. The minimum atomic E-state index is -1.05. The van der Waals surface area contributed by atoms with E-state index in [1.54, 1.807) is 11.8 Å². The molecule has 1 amide bonds. The summed E-state index contributed by atoms with van der Waals surface area (Å²) in [6, 6.07) is 0. The number of anilines is 1. The molecule has 3 heterocycles. The van der Waals surface area contributed by atoms with E-state index in [0.717, 1.165) is 5.57 Å². The van der Waals surface area contributed by atoms with Crippen LogP contribution >= 0.6 is 34.9 Å². The predicted octanol–water partition coefficient (Wildman–Crippen LogP) is 0.856. The van der Waals surface area contributed by atoms with Gasteiger partial charge in [-0.15, -0.1) is 22.0 Å². The number of aliphatic carboxylic acids is 1. The minimum absolute atomic E-state index is 0.0143. The molecular weight excluding hydrogens is 320 g/mol. The number of β-lactam (4-membered cyclic amide) rings is 1. The van der Waals surface area contributed by atoms with Crippen LogP contribution in [0.15, 0.2) is 15.6 Å². The normalized spacial score (nSPS) is 21.7. The number of carboxylic acids is 1. The van der Waals surface area contributed by atoms with Gasteiger partial charge in [0.1, 0.15) is 5.70 Å². The van der Waals surface area contributed by atoms with Gasteiger partial charge in [0.2, 0.25) is 11.0 Å². The van der Waals surface area contributed by atoms with Gasteiger partial charge >= 0.3 is 5.97 Å². The summed E-state index contributed by atoms with van der Waals surface area (Å²) in [5, 5.41) is 17.3. The van der Waals surface area contributed by atoms with Gasteiger partial charge in [-0.2, -0.15) is 0 Å². The van der Waals surface area contributed by atoms with E-state index in [1.165, 1.54) is 28.0 Å². The van der Waals surface area contributed by atoms with E-state index in [9.17, 15) is 14.7 Å². The van der Waals surface area contributed by atoms with E-state index >= 15 is 0 Å². The Morgan fingerprint density at radius 1 is 1.55 bits per heavy atom. The molecule has 1 atom stereocenters. The van der Waals surface area contributed by atoms with Gasteiger partial charge in [0.05, 0.1) is 11.8 Å². The lowest BCUT2D eigenvalue weighted by atomic mass is 10.1. The molecule has 1 aromatic heterocycles. The third-order valence-electron chi connectivity index (χ3n) is 2.93. The molecule has 0 aromatic carbocycles. The van der Waals surface area contributed by atoms with Gasteiger partial charge in [0.25, 0.3) is 0 Å². The zero-order valence-corrected chi connectivity index (χ0v) is 12.6. The molecule has 0 spiro atoms. The van der Waals surface area contributed by atoms with Crippen molar-refractivity contribution < 1.29 is 14.7 Å². The summed E-state index contributed by atoms with van der Waals surface area (Å²) in [4.78, 5) is 24.4. The smallest absolute Gasteiger partial charge is 0.352 e. The summed E-state index contributed by atoms with van der Waals surface area (Å²) >= 11 is 4.25. The molecule has 1 saturated heterocycles. The summed E-state index contributed by atoms with van der Waals surface area (Å²) < 4.78 is 0.696. The second kappa shape index (κ2) is 5.26. The first kappa shape index (κ1) is 13.7. The van der Waals surface area contributed by atoms with Crippen LogP contribution in [0, 0.1) is 0 Å². The minimum Gasteiger partial charge on any atom is -0.477 e. The van der Waals surface area contributed by atoms with E-state index in [4.69, 9.17) is 5.73 Å². The Hall–Kier alpha value is -1.26. The van der Waals surface area contributed by atoms with Crippen molar-refractivity contribution in [2.24, 2.45) is 0 Å². The maximum Gasteiger partial charge on any atom is 0.352 e. The number of carboxylic acid groups (broad SMARTS) is 1. The lowest BCUT2D eigenvalue weighted by molar-refractivity contribution is -0.146.